The number of urea groups is 1. The highest BCUT2D eigenvalue weighted by atomic mass is 16.5. The number of benzene rings is 2. The van der Waals surface area contributed by atoms with E-state index in [0.29, 0.717) is 34.0 Å². The van der Waals surface area contributed by atoms with Crippen LogP contribution in [0.25, 0.3) is 0 Å². The van der Waals surface area contributed by atoms with Gasteiger partial charge in [0.25, 0.3) is 5.91 Å². The third kappa shape index (κ3) is 4.34. The summed E-state index contributed by atoms with van der Waals surface area (Å²) in [6.45, 7) is 0.494. The van der Waals surface area contributed by atoms with Crippen LogP contribution < -0.4 is 20.1 Å². The first-order chi connectivity index (χ1) is 15.9. The summed E-state index contributed by atoms with van der Waals surface area (Å²) in [5.41, 5.74) is 2.49. The second kappa shape index (κ2) is 9.23. The SMILES string of the molecule is COc1ccc(NC(=O)CCN2CC3=C(C2=O)[C@H](c2ccccc2OC)NC(=O)N3C)cc1. The van der Waals surface area contributed by atoms with Crippen molar-refractivity contribution in [1.29, 1.82) is 0 Å². The van der Waals surface area contributed by atoms with Gasteiger partial charge in [0.2, 0.25) is 5.91 Å². The second-order valence-electron chi connectivity index (χ2n) is 7.80. The van der Waals surface area contributed by atoms with Gasteiger partial charge in [-0.1, -0.05) is 18.2 Å². The molecule has 9 heteroatoms. The molecule has 2 heterocycles. The number of carbonyl (C=O) groups excluding carboxylic acids is 3. The quantitative estimate of drug-likeness (QED) is 0.675. The topological polar surface area (TPSA) is 100 Å². The third-order valence-electron chi connectivity index (χ3n) is 5.87. The minimum absolute atomic E-state index is 0.128. The predicted molar refractivity (Wildman–Crippen MR) is 122 cm³/mol. The summed E-state index contributed by atoms with van der Waals surface area (Å²) in [5, 5.41) is 5.72. The van der Waals surface area contributed by atoms with Crippen LogP contribution in [0.15, 0.2) is 59.8 Å². The number of amides is 4. The number of nitrogens with one attached hydrogen (secondary N) is 2. The first-order valence-electron chi connectivity index (χ1n) is 10.6. The van der Waals surface area contributed by atoms with E-state index in [2.05, 4.69) is 10.6 Å². The zero-order valence-electron chi connectivity index (χ0n) is 18.8. The van der Waals surface area contributed by atoms with Crippen molar-refractivity contribution >= 4 is 23.5 Å². The van der Waals surface area contributed by atoms with Crippen molar-refractivity contribution in [2.75, 3.05) is 39.7 Å². The zero-order chi connectivity index (χ0) is 23.5. The normalized spacial score (nSPS) is 17.6. The molecule has 4 amide bonds. The van der Waals surface area contributed by atoms with Crippen molar-refractivity contribution in [2.45, 2.75) is 12.5 Å². The number of methoxy groups -OCH3 is 2. The van der Waals surface area contributed by atoms with Crippen molar-refractivity contribution in [3.05, 3.63) is 65.4 Å². The van der Waals surface area contributed by atoms with E-state index in [9.17, 15) is 14.4 Å². The van der Waals surface area contributed by atoms with Gasteiger partial charge in [-0.3, -0.25) is 14.5 Å². The maximum absolute atomic E-state index is 13.3. The largest absolute Gasteiger partial charge is 0.497 e. The summed E-state index contributed by atoms with van der Waals surface area (Å²) in [7, 11) is 4.76. The Bertz CT molecular complexity index is 1110. The molecule has 2 aromatic carbocycles. The van der Waals surface area contributed by atoms with Gasteiger partial charge in [0.15, 0.2) is 0 Å². The molecule has 0 spiro atoms. The number of nitrogens with zero attached hydrogens (tertiary/aromatic N) is 2. The Kier molecular flexibility index (Phi) is 6.21. The van der Waals surface area contributed by atoms with Gasteiger partial charge in [-0.05, 0) is 30.3 Å². The molecule has 2 aliphatic rings. The number of likely N-dealkylation sites (N-methyl/N-ethyl adjacent to an activating group) is 1. The lowest BCUT2D eigenvalue weighted by molar-refractivity contribution is -0.126. The molecule has 2 aromatic rings. The average Bonchev–Trinajstić information content (AvgIpc) is 3.17. The summed E-state index contributed by atoms with van der Waals surface area (Å²) < 4.78 is 10.6. The molecule has 2 N–H and O–H groups in total. The van der Waals surface area contributed by atoms with Crippen LogP contribution in [-0.2, 0) is 9.59 Å². The van der Waals surface area contributed by atoms with Crippen LogP contribution in [0.4, 0.5) is 10.5 Å². The molecule has 2 aliphatic heterocycles. The molecular formula is C24H26N4O5. The van der Waals surface area contributed by atoms with Crippen molar-refractivity contribution < 1.29 is 23.9 Å². The standard InChI is InChI=1S/C24H26N4O5/c1-27-18-14-28(13-12-20(29)25-15-8-10-16(32-2)11-9-15)23(30)21(18)22(26-24(27)31)17-6-4-5-7-19(17)33-3/h4-11,22H,12-14H2,1-3H3,(H,25,29)(H,26,31)/t22-/m0/s1. The fourth-order valence-corrected chi connectivity index (χ4v) is 4.08. The van der Waals surface area contributed by atoms with Crippen LogP contribution in [0.5, 0.6) is 11.5 Å². The highest BCUT2D eigenvalue weighted by Crippen LogP contribution is 2.38. The minimum atomic E-state index is -0.620. The molecule has 33 heavy (non-hydrogen) atoms. The van der Waals surface area contributed by atoms with Crippen LogP contribution in [0.3, 0.4) is 0 Å². The number of ether oxygens (including phenoxy) is 2. The van der Waals surface area contributed by atoms with Crippen LogP contribution in [0, 0.1) is 0 Å². The maximum atomic E-state index is 13.3. The lowest BCUT2D eigenvalue weighted by Crippen LogP contribution is -2.45. The maximum Gasteiger partial charge on any atom is 0.322 e. The van der Waals surface area contributed by atoms with E-state index in [1.807, 2.05) is 18.2 Å². The van der Waals surface area contributed by atoms with Gasteiger partial charge in [-0.25, -0.2) is 4.79 Å². The first-order valence-corrected chi connectivity index (χ1v) is 10.6. The summed E-state index contributed by atoms with van der Waals surface area (Å²) in [6, 6.07) is 13.4. The van der Waals surface area contributed by atoms with Crippen LogP contribution in [0.2, 0.25) is 0 Å². The molecule has 0 saturated heterocycles. The van der Waals surface area contributed by atoms with Crippen molar-refractivity contribution in [3.63, 3.8) is 0 Å². The Labute approximate surface area is 191 Å². The molecule has 0 fully saturated rings. The number of carbonyl (C=O) groups is 3. The highest BCUT2D eigenvalue weighted by molar-refractivity contribution is 6.02. The van der Waals surface area contributed by atoms with E-state index >= 15 is 0 Å². The van der Waals surface area contributed by atoms with Gasteiger partial charge in [0, 0.05) is 31.3 Å². The van der Waals surface area contributed by atoms with E-state index in [-0.39, 0.29) is 37.4 Å². The van der Waals surface area contributed by atoms with Crippen molar-refractivity contribution in [2.24, 2.45) is 0 Å². The number of rotatable bonds is 7. The average molecular weight is 450 g/mol. The Morgan fingerprint density at radius 3 is 2.52 bits per heavy atom. The van der Waals surface area contributed by atoms with E-state index < -0.39 is 6.04 Å². The molecular weight excluding hydrogens is 424 g/mol. The van der Waals surface area contributed by atoms with E-state index in [1.54, 1.807) is 56.5 Å². The summed E-state index contributed by atoms with van der Waals surface area (Å²) >= 11 is 0. The third-order valence-corrected chi connectivity index (χ3v) is 5.87. The van der Waals surface area contributed by atoms with E-state index in [1.165, 1.54) is 4.90 Å². The lowest BCUT2D eigenvalue weighted by Gasteiger charge is -2.31. The Balaban J connectivity index is 1.47. The molecule has 0 aromatic heterocycles. The number of hydrogen-bond acceptors (Lipinski definition) is 5. The van der Waals surface area contributed by atoms with Crippen molar-refractivity contribution in [1.82, 2.24) is 15.1 Å². The van der Waals surface area contributed by atoms with E-state index in [4.69, 9.17) is 9.47 Å². The smallest absolute Gasteiger partial charge is 0.322 e. The Hall–Kier alpha value is -4.01. The molecule has 9 nitrogen and oxygen atoms in total. The molecule has 172 valence electrons. The first kappa shape index (κ1) is 22.2. The van der Waals surface area contributed by atoms with Crippen LogP contribution >= 0.6 is 0 Å². The van der Waals surface area contributed by atoms with Gasteiger partial charge in [0.1, 0.15) is 11.5 Å². The second-order valence-corrected chi connectivity index (χ2v) is 7.80. The number of para-hydroxylation sites is 1. The molecule has 0 unspecified atom stereocenters. The number of hydrogen-bond donors (Lipinski definition) is 2. The summed E-state index contributed by atoms with van der Waals surface area (Å²) in [6.07, 6.45) is 0.128. The Morgan fingerprint density at radius 2 is 1.82 bits per heavy atom. The minimum Gasteiger partial charge on any atom is -0.497 e. The molecule has 4 rings (SSSR count). The molecule has 1 atom stereocenters. The zero-order valence-corrected chi connectivity index (χ0v) is 18.8. The number of anilines is 1. The monoisotopic (exact) mass is 450 g/mol. The molecule has 0 radical (unpaired) electrons. The van der Waals surface area contributed by atoms with Crippen LogP contribution in [0.1, 0.15) is 18.0 Å². The summed E-state index contributed by atoms with van der Waals surface area (Å²) in [5.74, 6) is 0.875. The molecule has 0 saturated carbocycles. The predicted octanol–water partition coefficient (Wildman–Crippen LogP) is 2.53. The molecule has 0 bridgehead atoms. The van der Waals surface area contributed by atoms with Gasteiger partial charge < -0.3 is 25.0 Å². The fraction of sp³-hybridized carbons (Fsp3) is 0.292. The van der Waals surface area contributed by atoms with Gasteiger partial charge >= 0.3 is 6.03 Å². The Morgan fingerprint density at radius 1 is 1.09 bits per heavy atom. The highest BCUT2D eigenvalue weighted by Gasteiger charge is 2.43. The molecule has 0 aliphatic carbocycles. The van der Waals surface area contributed by atoms with Gasteiger partial charge in [-0.2, -0.15) is 0 Å². The van der Waals surface area contributed by atoms with E-state index in [0.717, 1.165) is 0 Å². The lowest BCUT2D eigenvalue weighted by atomic mass is 9.95. The van der Waals surface area contributed by atoms with Gasteiger partial charge in [0.05, 0.1) is 38.1 Å². The van der Waals surface area contributed by atoms with Crippen molar-refractivity contribution in [3.8, 4) is 11.5 Å². The summed E-state index contributed by atoms with van der Waals surface area (Å²) in [4.78, 5) is 41.4. The van der Waals surface area contributed by atoms with Crippen LogP contribution in [-0.4, -0.2) is 62.0 Å². The fourth-order valence-electron chi connectivity index (χ4n) is 4.08. The van der Waals surface area contributed by atoms with Gasteiger partial charge in [-0.15, -0.1) is 0 Å².